The van der Waals surface area contributed by atoms with Gasteiger partial charge in [0, 0.05) is 12.0 Å². The van der Waals surface area contributed by atoms with Crippen molar-refractivity contribution in [3.8, 4) is 11.5 Å². The summed E-state index contributed by atoms with van der Waals surface area (Å²) in [4.78, 5) is 24.6. The second-order valence-electron chi connectivity index (χ2n) is 6.49. The van der Waals surface area contributed by atoms with Gasteiger partial charge in [-0.25, -0.2) is 4.79 Å². The Morgan fingerprint density at radius 2 is 1.85 bits per heavy atom. The molecule has 146 valence electrons. The van der Waals surface area contributed by atoms with Crippen LogP contribution < -0.4 is 4.74 Å². The normalized spacial score (nSPS) is 29.2. The molecule has 0 aromatic heterocycles. The molecule has 1 aromatic carbocycles. The molecule has 1 aromatic rings. The smallest absolute Gasteiger partial charge is 0.342 e. The molecule has 1 aliphatic heterocycles. The number of methoxy groups -OCH3 is 1. The minimum Gasteiger partial charge on any atom is -0.507 e. The van der Waals surface area contributed by atoms with Crippen LogP contribution in [0, 0.1) is 5.92 Å². The van der Waals surface area contributed by atoms with Crippen molar-refractivity contribution in [1.29, 1.82) is 0 Å². The van der Waals surface area contributed by atoms with E-state index in [0.717, 1.165) is 0 Å². The zero-order valence-electron chi connectivity index (χ0n) is 15.5. The van der Waals surface area contributed by atoms with Crippen LogP contribution in [0.3, 0.4) is 0 Å². The van der Waals surface area contributed by atoms with Crippen molar-refractivity contribution < 1.29 is 34.4 Å². The SMILES string of the molecule is COc1cc(O)c2c(c1)/C=C/CC(O)[C@H](O)C(=O)/C=C\[C@@H](C)[C@@H](C)OC2=O. The molecule has 0 bridgehead atoms. The Bertz CT molecular complexity index is 766. The average molecular weight is 376 g/mol. The summed E-state index contributed by atoms with van der Waals surface area (Å²) >= 11 is 0. The summed E-state index contributed by atoms with van der Waals surface area (Å²) in [6.07, 6.45) is 2.19. The number of cyclic esters (lactones) is 1. The van der Waals surface area contributed by atoms with Crippen molar-refractivity contribution in [2.24, 2.45) is 5.92 Å². The molecule has 0 saturated heterocycles. The first kappa shape index (κ1) is 20.7. The van der Waals surface area contributed by atoms with E-state index in [1.807, 2.05) is 0 Å². The fraction of sp³-hybridized carbons (Fsp3) is 0.400. The van der Waals surface area contributed by atoms with E-state index in [0.29, 0.717) is 11.3 Å². The van der Waals surface area contributed by atoms with E-state index in [1.54, 1.807) is 19.9 Å². The molecule has 0 saturated carbocycles. The van der Waals surface area contributed by atoms with E-state index < -0.39 is 30.1 Å². The summed E-state index contributed by atoms with van der Waals surface area (Å²) in [5, 5.41) is 30.2. The maximum Gasteiger partial charge on any atom is 0.342 e. The van der Waals surface area contributed by atoms with E-state index in [2.05, 4.69) is 0 Å². The van der Waals surface area contributed by atoms with Gasteiger partial charge in [0.1, 0.15) is 29.3 Å². The fourth-order valence-corrected chi connectivity index (χ4v) is 2.58. The number of carbonyl (C=O) groups is 2. The van der Waals surface area contributed by atoms with E-state index in [1.165, 1.54) is 37.5 Å². The number of aromatic hydroxyl groups is 1. The predicted octanol–water partition coefficient (Wildman–Crippen LogP) is 1.85. The van der Waals surface area contributed by atoms with Crippen LogP contribution in [0.2, 0.25) is 0 Å². The molecule has 0 radical (unpaired) electrons. The summed E-state index contributed by atoms with van der Waals surface area (Å²) in [6, 6.07) is 2.85. The number of phenolic OH excluding ortho intramolecular Hbond substituents is 1. The molecule has 1 heterocycles. The fourth-order valence-electron chi connectivity index (χ4n) is 2.58. The van der Waals surface area contributed by atoms with Gasteiger partial charge < -0.3 is 24.8 Å². The number of ether oxygens (including phenoxy) is 2. The maximum atomic E-state index is 12.6. The number of ketones is 1. The number of hydrogen-bond acceptors (Lipinski definition) is 7. The summed E-state index contributed by atoms with van der Waals surface area (Å²) in [5.41, 5.74) is 0.301. The quantitative estimate of drug-likeness (QED) is 0.641. The van der Waals surface area contributed by atoms with Gasteiger partial charge in [0.25, 0.3) is 0 Å². The first-order chi connectivity index (χ1) is 12.7. The van der Waals surface area contributed by atoms with Gasteiger partial charge in [-0.15, -0.1) is 0 Å². The number of carbonyl (C=O) groups excluding carboxylic acids is 2. The topological polar surface area (TPSA) is 113 Å². The minimum atomic E-state index is -1.56. The molecule has 0 amide bonds. The molecular weight excluding hydrogens is 352 g/mol. The van der Waals surface area contributed by atoms with Crippen molar-refractivity contribution in [3.05, 3.63) is 41.5 Å². The Morgan fingerprint density at radius 1 is 1.15 bits per heavy atom. The number of hydrogen-bond donors (Lipinski definition) is 3. The Hall–Kier alpha value is -2.64. The van der Waals surface area contributed by atoms with Crippen molar-refractivity contribution >= 4 is 17.8 Å². The van der Waals surface area contributed by atoms with Crippen LogP contribution in [-0.4, -0.2) is 52.5 Å². The molecule has 1 aliphatic rings. The Morgan fingerprint density at radius 3 is 2.52 bits per heavy atom. The molecule has 3 N–H and O–H groups in total. The summed E-state index contributed by atoms with van der Waals surface area (Å²) in [6.45, 7) is 3.40. The molecule has 0 fully saturated rings. The standard InChI is InChI=1S/C20H24O7/c1-11-7-8-16(22)19(24)15(21)6-4-5-13-9-14(26-3)10-17(23)18(13)20(25)27-12(11)2/h4-5,7-12,15,19,21,23-24H,6H2,1-3H3/b5-4+,8-7-/t11-,12-,15?,19+/m1/s1. The van der Waals surface area contributed by atoms with E-state index in [-0.39, 0.29) is 23.7 Å². The molecular formula is C20H24O7. The molecule has 7 heteroatoms. The highest BCUT2D eigenvalue weighted by Crippen LogP contribution is 2.30. The van der Waals surface area contributed by atoms with Gasteiger partial charge >= 0.3 is 5.97 Å². The largest absolute Gasteiger partial charge is 0.507 e. The van der Waals surface area contributed by atoms with E-state index >= 15 is 0 Å². The Labute approximate surface area is 157 Å². The lowest BCUT2D eigenvalue weighted by molar-refractivity contribution is -0.127. The molecule has 7 nitrogen and oxygen atoms in total. The van der Waals surface area contributed by atoms with E-state index in [4.69, 9.17) is 9.47 Å². The highest BCUT2D eigenvalue weighted by molar-refractivity contribution is 5.97. The zero-order chi connectivity index (χ0) is 20.1. The third-order valence-electron chi connectivity index (χ3n) is 4.49. The van der Waals surface area contributed by atoms with Crippen LogP contribution in [-0.2, 0) is 9.53 Å². The lowest BCUT2D eigenvalue weighted by Crippen LogP contribution is -2.32. The summed E-state index contributed by atoms with van der Waals surface area (Å²) < 4.78 is 10.5. The lowest BCUT2D eigenvalue weighted by atomic mass is 9.99. The molecule has 4 atom stereocenters. The molecule has 2 rings (SSSR count). The number of aliphatic hydroxyl groups excluding tert-OH is 2. The number of rotatable bonds is 1. The van der Waals surface area contributed by atoms with Gasteiger partial charge in [0.05, 0.1) is 13.2 Å². The number of aliphatic hydroxyl groups is 2. The third kappa shape index (κ3) is 4.96. The monoisotopic (exact) mass is 376 g/mol. The highest BCUT2D eigenvalue weighted by atomic mass is 16.5. The molecule has 0 spiro atoms. The maximum absolute atomic E-state index is 12.6. The van der Waals surface area contributed by atoms with Crippen LogP contribution in [0.15, 0.2) is 30.4 Å². The van der Waals surface area contributed by atoms with Gasteiger partial charge in [0.2, 0.25) is 0 Å². The van der Waals surface area contributed by atoms with Crippen molar-refractivity contribution in [3.63, 3.8) is 0 Å². The van der Waals surface area contributed by atoms with Crippen molar-refractivity contribution in [2.75, 3.05) is 7.11 Å². The first-order valence-electron chi connectivity index (χ1n) is 8.61. The predicted molar refractivity (Wildman–Crippen MR) is 98.5 cm³/mol. The summed E-state index contributed by atoms with van der Waals surface area (Å²) in [7, 11) is 1.42. The second-order valence-corrected chi connectivity index (χ2v) is 6.49. The van der Waals surface area contributed by atoms with Crippen LogP contribution in [0.4, 0.5) is 0 Å². The van der Waals surface area contributed by atoms with Crippen LogP contribution in [0.1, 0.15) is 36.2 Å². The number of phenols is 1. The minimum absolute atomic E-state index is 0.0286. The highest BCUT2D eigenvalue weighted by Gasteiger charge is 2.25. The first-order valence-corrected chi connectivity index (χ1v) is 8.61. The van der Waals surface area contributed by atoms with Crippen molar-refractivity contribution in [1.82, 2.24) is 0 Å². The number of esters is 1. The van der Waals surface area contributed by atoms with Gasteiger partial charge in [-0.2, -0.15) is 0 Å². The average Bonchev–Trinajstić information content (AvgIpc) is 2.63. The van der Waals surface area contributed by atoms with Gasteiger partial charge in [-0.1, -0.05) is 25.2 Å². The molecule has 0 aliphatic carbocycles. The Balaban J connectivity index is 2.50. The number of benzene rings is 1. The molecule has 27 heavy (non-hydrogen) atoms. The zero-order valence-corrected chi connectivity index (χ0v) is 15.5. The van der Waals surface area contributed by atoms with Crippen molar-refractivity contribution in [2.45, 2.75) is 38.6 Å². The third-order valence-corrected chi connectivity index (χ3v) is 4.49. The Kier molecular flexibility index (Phi) is 6.76. The van der Waals surface area contributed by atoms with Crippen LogP contribution in [0.5, 0.6) is 11.5 Å². The van der Waals surface area contributed by atoms with Gasteiger partial charge in [-0.05, 0) is 31.1 Å². The van der Waals surface area contributed by atoms with Gasteiger partial charge in [0.15, 0.2) is 5.78 Å². The second kappa shape index (κ2) is 8.83. The molecule has 1 unspecified atom stereocenters. The lowest BCUT2D eigenvalue weighted by Gasteiger charge is -2.20. The number of fused-ring (bicyclic) bond motifs is 1. The van der Waals surface area contributed by atoms with Crippen LogP contribution >= 0.6 is 0 Å². The summed E-state index contributed by atoms with van der Waals surface area (Å²) in [5.74, 6) is -1.63. The van der Waals surface area contributed by atoms with Gasteiger partial charge in [-0.3, -0.25) is 4.79 Å². The van der Waals surface area contributed by atoms with Crippen LogP contribution in [0.25, 0.3) is 6.08 Å². The van der Waals surface area contributed by atoms with E-state index in [9.17, 15) is 24.9 Å².